The summed E-state index contributed by atoms with van der Waals surface area (Å²) in [6, 6.07) is 0. The highest BCUT2D eigenvalue weighted by molar-refractivity contribution is 5.75. The van der Waals surface area contributed by atoms with Crippen LogP contribution in [0, 0.1) is 23.7 Å². The second-order valence-corrected chi connectivity index (χ2v) is 7.39. The van der Waals surface area contributed by atoms with Crippen LogP contribution >= 0.6 is 0 Å². The molecule has 138 valence electrons. The van der Waals surface area contributed by atoms with Gasteiger partial charge in [-0.25, -0.2) is 4.79 Å². The Morgan fingerprint density at radius 2 is 1.83 bits per heavy atom. The van der Waals surface area contributed by atoms with Gasteiger partial charge < -0.3 is 14.2 Å². The van der Waals surface area contributed by atoms with Crippen LogP contribution in [0.25, 0.3) is 0 Å². The number of hydrogen-bond donors (Lipinski definition) is 0. The Morgan fingerprint density at radius 1 is 1.17 bits per heavy atom. The molecule has 0 saturated carbocycles. The SMILES string of the molecule is COC(=O)OC(OC(=O)C(C)C1=CCC(CC(C)C)CC1)C(C)C. The first kappa shape index (κ1) is 20.5. The Labute approximate surface area is 145 Å². The fourth-order valence-electron chi connectivity index (χ4n) is 2.99. The van der Waals surface area contributed by atoms with Crippen molar-refractivity contribution in [1.29, 1.82) is 0 Å². The molecule has 0 heterocycles. The number of carbonyl (C=O) groups excluding carboxylic acids is 2. The van der Waals surface area contributed by atoms with Crippen LogP contribution in [-0.4, -0.2) is 25.5 Å². The van der Waals surface area contributed by atoms with E-state index >= 15 is 0 Å². The van der Waals surface area contributed by atoms with Gasteiger partial charge in [-0.3, -0.25) is 4.79 Å². The summed E-state index contributed by atoms with van der Waals surface area (Å²) in [6.07, 6.45) is 4.72. The average Bonchev–Trinajstić information content (AvgIpc) is 2.53. The standard InChI is InChI=1S/C19H32O5/c1-12(2)11-15-7-9-16(10-8-15)14(5)17(20)23-18(13(3)4)24-19(21)22-6/h9,12-15,18H,7-8,10-11H2,1-6H3. The zero-order valence-corrected chi connectivity index (χ0v) is 15.8. The van der Waals surface area contributed by atoms with Crippen LogP contribution in [-0.2, 0) is 19.0 Å². The summed E-state index contributed by atoms with van der Waals surface area (Å²) >= 11 is 0. The highest BCUT2D eigenvalue weighted by atomic mass is 16.8. The molecule has 0 amide bonds. The van der Waals surface area contributed by atoms with Crippen LogP contribution in [0.15, 0.2) is 11.6 Å². The number of rotatable bonds is 7. The summed E-state index contributed by atoms with van der Waals surface area (Å²) in [5.41, 5.74) is 1.13. The number of ether oxygens (including phenoxy) is 3. The smallest absolute Gasteiger partial charge is 0.438 e. The first-order chi connectivity index (χ1) is 11.2. The molecule has 3 unspecified atom stereocenters. The predicted molar refractivity (Wildman–Crippen MR) is 92.3 cm³/mol. The van der Waals surface area contributed by atoms with E-state index < -0.39 is 12.4 Å². The molecule has 5 heteroatoms. The van der Waals surface area contributed by atoms with Gasteiger partial charge in [-0.1, -0.05) is 39.3 Å². The number of methoxy groups -OCH3 is 1. The molecule has 0 bridgehead atoms. The largest absolute Gasteiger partial charge is 0.511 e. The molecule has 0 N–H and O–H groups in total. The van der Waals surface area contributed by atoms with E-state index in [-0.39, 0.29) is 17.8 Å². The van der Waals surface area contributed by atoms with Gasteiger partial charge in [0.1, 0.15) is 0 Å². The van der Waals surface area contributed by atoms with Crippen molar-refractivity contribution in [3.8, 4) is 0 Å². The monoisotopic (exact) mass is 340 g/mol. The average molecular weight is 340 g/mol. The molecule has 24 heavy (non-hydrogen) atoms. The molecule has 1 aliphatic carbocycles. The lowest BCUT2D eigenvalue weighted by atomic mass is 9.81. The van der Waals surface area contributed by atoms with E-state index in [1.807, 2.05) is 20.8 Å². The van der Waals surface area contributed by atoms with Gasteiger partial charge in [0, 0.05) is 5.92 Å². The Balaban J connectivity index is 2.60. The normalized spacial score (nSPS) is 20.3. The lowest BCUT2D eigenvalue weighted by Crippen LogP contribution is -2.32. The van der Waals surface area contributed by atoms with Crippen LogP contribution in [0.5, 0.6) is 0 Å². The highest BCUT2D eigenvalue weighted by Crippen LogP contribution is 2.32. The maximum Gasteiger partial charge on any atom is 0.511 e. The molecule has 0 spiro atoms. The molecular formula is C19H32O5. The lowest BCUT2D eigenvalue weighted by molar-refractivity contribution is -0.181. The second kappa shape index (κ2) is 9.70. The van der Waals surface area contributed by atoms with Crippen molar-refractivity contribution in [2.24, 2.45) is 23.7 Å². The van der Waals surface area contributed by atoms with Crippen molar-refractivity contribution >= 4 is 12.1 Å². The fraction of sp³-hybridized carbons (Fsp3) is 0.789. The molecule has 0 aliphatic heterocycles. The van der Waals surface area contributed by atoms with Crippen molar-refractivity contribution in [1.82, 2.24) is 0 Å². The molecule has 0 saturated heterocycles. The van der Waals surface area contributed by atoms with E-state index in [2.05, 4.69) is 24.7 Å². The van der Waals surface area contributed by atoms with Crippen molar-refractivity contribution in [3.05, 3.63) is 11.6 Å². The summed E-state index contributed by atoms with van der Waals surface area (Å²) < 4.78 is 14.9. The third-order valence-electron chi connectivity index (χ3n) is 4.42. The zero-order valence-electron chi connectivity index (χ0n) is 15.8. The van der Waals surface area contributed by atoms with Gasteiger partial charge in [0.05, 0.1) is 13.0 Å². The van der Waals surface area contributed by atoms with Crippen molar-refractivity contribution < 1.29 is 23.8 Å². The van der Waals surface area contributed by atoms with E-state index in [0.717, 1.165) is 24.8 Å². The minimum atomic E-state index is -0.926. The van der Waals surface area contributed by atoms with Gasteiger partial charge in [0.2, 0.25) is 0 Å². The minimum Gasteiger partial charge on any atom is -0.438 e. The van der Waals surface area contributed by atoms with E-state index in [1.54, 1.807) is 0 Å². The van der Waals surface area contributed by atoms with E-state index in [0.29, 0.717) is 11.8 Å². The molecule has 3 atom stereocenters. The van der Waals surface area contributed by atoms with Gasteiger partial charge >= 0.3 is 12.1 Å². The zero-order chi connectivity index (χ0) is 18.3. The molecule has 1 rings (SSSR count). The molecular weight excluding hydrogens is 308 g/mol. The van der Waals surface area contributed by atoms with E-state index in [4.69, 9.17) is 9.47 Å². The van der Waals surface area contributed by atoms with Crippen LogP contribution in [0.1, 0.15) is 60.3 Å². The first-order valence-electron chi connectivity index (χ1n) is 8.88. The van der Waals surface area contributed by atoms with Crippen molar-refractivity contribution in [3.63, 3.8) is 0 Å². The van der Waals surface area contributed by atoms with Crippen molar-refractivity contribution in [2.75, 3.05) is 7.11 Å². The quantitative estimate of drug-likeness (QED) is 0.382. The van der Waals surface area contributed by atoms with Crippen LogP contribution < -0.4 is 0 Å². The maximum absolute atomic E-state index is 12.4. The summed E-state index contributed by atoms with van der Waals surface area (Å²) in [5, 5.41) is 0. The summed E-state index contributed by atoms with van der Waals surface area (Å²) in [6.45, 7) is 9.98. The van der Waals surface area contributed by atoms with Gasteiger partial charge in [-0.2, -0.15) is 0 Å². The van der Waals surface area contributed by atoms with Crippen LogP contribution in [0.4, 0.5) is 4.79 Å². The van der Waals surface area contributed by atoms with E-state index in [1.165, 1.54) is 13.5 Å². The Bertz CT molecular complexity index is 453. The Hall–Kier alpha value is -1.52. The van der Waals surface area contributed by atoms with Gasteiger partial charge in [0.15, 0.2) is 0 Å². The number of hydrogen-bond acceptors (Lipinski definition) is 5. The maximum atomic E-state index is 12.4. The fourth-order valence-corrected chi connectivity index (χ4v) is 2.99. The van der Waals surface area contributed by atoms with Crippen LogP contribution in [0.2, 0.25) is 0 Å². The Kier molecular flexibility index (Phi) is 8.29. The van der Waals surface area contributed by atoms with Crippen LogP contribution in [0.3, 0.4) is 0 Å². The minimum absolute atomic E-state index is 0.143. The Morgan fingerprint density at radius 3 is 2.29 bits per heavy atom. The molecule has 0 aromatic rings. The number of carbonyl (C=O) groups is 2. The molecule has 0 fully saturated rings. The third-order valence-corrected chi connectivity index (χ3v) is 4.42. The lowest BCUT2D eigenvalue weighted by Gasteiger charge is -2.27. The van der Waals surface area contributed by atoms with Gasteiger partial charge in [-0.15, -0.1) is 0 Å². The number of esters is 1. The van der Waals surface area contributed by atoms with E-state index in [9.17, 15) is 9.59 Å². The van der Waals surface area contributed by atoms with Gasteiger partial charge in [-0.05, 0) is 44.4 Å². The topological polar surface area (TPSA) is 61.8 Å². The third kappa shape index (κ3) is 6.54. The summed E-state index contributed by atoms with van der Waals surface area (Å²) in [5.74, 6) is 0.604. The molecule has 0 aromatic heterocycles. The molecule has 0 aromatic carbocycles. The number of allylic oxidation sites excluding steroid dienone is 1. The second-order valence-electron chi connectivity index (χ2n) is 7.39. The van der Waals surface area contributed by atoms with Crippen molar-refractivity contribution in [2.45, 2.75) is 66.6 Å². The molecule has 0 radical (unpaired) electrons. The molecule has 1 aliphatic rings. The highest BCUT2D eigenvalue weighted by Gasteiger charge is 2.29. The summed E-state index contributed by atoms with van der Waals surface area (Å²) in [7, 11) is 1.23. The molecule has 5 nitrogen and oxygen atoms in total. The first-order valence-corrected chi connectivity index (χ1v) is 8.88. The predicted octanol–water partition coefficient (Wildman–Crippen LogP) is 4.70. The summed E-state index contributed by atoms with van der Waals surface area (Å²) in [4.78, 5) is 23.6. The van der Waals surface area contributed by atoms with Gasteiger partial charge in [0.25, 0.3) is 6.29 Å².